The minimum Gasteiger partial charge on any atom is -0.124 e. The summed E-state index contributed by atoms with van der Waals surface area (Å²) < 4.78 is 0. The lowest BCUT2D eigenvalue weighted by molar-refractivity contribution is -0.204. The number of hydrogen-bond acceptors (Lipinski definition) is 3. The molecule has 0 amide bonds. The lowest BCUT2D eigenvalue weighted by atomic mass is 10.2. The standard InChI is InChI=1S/C8H11NO2/c10-9(11)7-6-8-4-2-1-3-5-8/h1-5,10-11H,6-7H2/q+1. The summed E-state index contributed by atoms with van der Waals surface area (Å²) in [5.74, 6) is 0. The fourth-order valence-electron chi connectivity index (χ4n) is 0.874. The summed E-state index contributed by atoms with van der Waals surface area (Å²) >= 11 is 0. The zero-order chi connectivity index (χ0) is 8.10. The summed E-state index contributed by atoms with van der Waals surface area (Å²) in [4.78, 5) is 0. The van der Waals surface area contributed by atoms with Crippen LogP contribution >= 0.6 is 0 Å². The third-order valence-electron chi connectivity index (χ3n) is 1.44. The number of hydroxylamine groups is 2. The van der Waals surface area contributed by atoms with Gasteiger partial charge in [0.2, 0.25) is 6.54 Å². The van der Waals surface area contributed by atoms with E-state index in [4.69, 9.17) is 10.4 Å². The molecule has 1 radical (unpaired) electrons. The van der Waals surface area contributed by atoms with Crippen molar-refractivity contribution < 1.29 is 10.4 Å². The van der Waals surface area contributed by atoms with Gasteiger partial charge in [-0.1, -0.05) is 30.3 Å². The van der Waals surface area contributed by atoms with E-state index in [1.165, 1.54) is 0 Å². The van der Waals surface area contributed by atoms with Gasteiger partial charge < -0.3 is 0 Å². The second-order valence-corrected chi connectivity index (χ2v) is 2.33. The minimum atomic E-state index is 0.201. The molecule has 1 aromatic rings. The van der Waals surface area contributed by atoms with Gasteiger partial charge >= 0.3 is 0 Å². The lowest BCUT2D eigenvalue weighted by Gasteiger charge is -1.95. The molecule has 0 aliphatic rings. The third kappa shape index (κ3) is 3.13. The first-order valence-electron chi connectivity index (χ1n) is 3.48. The van der Waals surface area contributed by atoms with Gasteiger partial charge in [0.15, 0.2) is 5.23 Å². The van der Waals surface area contributed by atoms with Gasteiger partial charge in [-0.2, -0.15) is 0 Å². The fourth-order valence-corrected chi connectivity index (χ4v) is 0.874. The van der Waals surface area contributed by atoms with Crippen LogP contribution in [0, 0.1) is 0 Å². The van der Waals surface area contributed by atoms with Gasteiger partial charge in [0, 0.05) is 6.42 Å². The Kier molecular flexibility index (Phi) is 3.04. The van der Waals surface area contributed by atoms with Gasteiger partial charge in [-0.15, -0.1) is 10.4 Å². The molecule has 0 unspecified atom stereocenters. The molecule has 0 bridgehead atoms. The Bertz CT molecular complexity index is 199. The molecule has 1 aromatic carbocycles. The first-order chi connectivity index (χ1) is 5.29. The Labute approximate surface area is 65.4 Å². The zero-order valence-electron chi connectivity index (χ0n) is 6.14. The van der Waals surface area contributed by atoms with Gasteiger partial charge in [0.1, 0.15) is 0 Å². The molecule has 0 aromatic heterocycles. The van der Waals surface area contributed by atoms with Crippen LogP contribution in [0.1, 0.15) is 5.56 Å². The van der Waals surface area contributed by atoms with Crippen LogP contribution in [0.15, 0.2) is 30.3 Å². The average Bonchev–Trinajstić information content (AvgIpc) is 2.03. The molecule has 0 heterocycles. The summed E-state index contributed by atoms with van der Waals surface area (Å²) in [6.07, 6.45) is 0.647. The minimum absolute atomic E-state index is 0.201. The molecule has 3 heteroatoms. The summed E-state index contributed by atoms with van der Waals surface area (Å²) in [6, 6.07) is 9.68. The van der Waals surface area contributed by atoms with E-state index in [9.17, 15) is 0 Å². The van der Waals surface area contributed by atoms with Crippen LogP contribution in [0.2, 0.25) is 0 Å². The highest BCUT2D eigenvalue weighted by atomic mass is 16.8. The number of nitrogens with zero attached hydrogens (tertiary/aromatic N) is 1. The molecule has 59 valence electrons. The predicted octanol–water partition coefficient (Wildman–Crippen LogP) is 1.15. The molecular weight excluding hydrogens is 142 g/mol. The van der Waals surface area contributed by atoms with E-state index in [-0.39, 0.29) is 11.8 Å². The molecule has 0 spiro atoms. The molecule has 3 nitrogen and oxygen atoms in total. The summed E-state index contributed by atoms with van der Waals surface area (Å²) in [6.45, 7) is 0.240. The molecule has 1 rings (SSSR count). The van der Waals surface area contributed by atoms with Crippen molar-refractivity contribution in [1.82, 2.24) is 5.23 Å². The van der Waals surface area contributed by atoms with Gasteiger partial charge in [0.05, 0.1) is 0 Å². The quantitative estimate of drug-likeness (QED) is 0.640. The van der Waals surface area contributed by atoms with E-state index in [2.05, 4.69) is 0 Å². The largest absolute Gasteiger partial charge is 0.205 e. The zero-order valence-corrected chi connectivity index (χ0v) is 6.14. The first-order valence-corrected chi connectivity index (χ1v) is 3.48. The van der Waals surface area contributed by atoms with Gasteiger partial charge in [0.25, 0.3) is 0 Å². The Morgan fingerprint density at radius 2 is 1.73 bits per heavy atom. The van der Waals surface area contributed by atoms with Gasteiger partial charge in [-0.05, 0) is 5.56 Å². The molecule has 11 heavy (non-hydrogen) atoms. The maximum atomic E-state index is 8.40. The molecule has 0 aliphatic heterocycles. The maximum Gasteiger partial charge on any atom is 0.205 e. The van der Waals surface area contributed by atoms with Crippen LogP contribution in [-0.2, 0) is 6.42 Å². The normalized spacial score (nSPS) is 10.5. The molecule has 0 saturated carbocycles. The van der Waals surface area contributed by atoms with Crippen molar-refractivity contribution in [3.8, 4) is 0 Å². The van der Waals surface area contributed by atoms with E-state index >= 15 is 0 Å². The maximum absolute atomic E-state index is 8.40. The molecular formula is C8H11NO2+. The van der Waals surface area contributed by atoms with Crippen molar-refractivity contribution >= 4 is 0 Å². The Morgan fingerprint density at radius 1 is 1.09 bits per heavy atom. The van der Waals surface area contributed by atoms with Crippen LogP contribution in [0.3, 0.4) is 0 Å². The van der Waals surface area contributed by atoms with E-state index < -0.39 is 0 Å². The predicted molar refractivity (Wildman–Crippen MR) is 40.7 cm³/mol. The average molecular weight is 153 g/mol. The molecule has 0 saturated heterocycles. The highest BCUT2D eigenvalue weighted by Gasteiger charge is 2.05. The summed E-state index contributed by atoms with van der Waals surface area (Å²) in [7, 11) is 0. The SMILES string of the molecule is O[N+](O)CCc1ccccc1. The van der Waals surface area contributed by atoms with Crippen molar-refractivity contribution in [3.63, 3.8) is 0 Å². The van der Waals surface area contributed by atoms with Crippen molar-refractivity contribution in [2.75, 3.05) is 6.54 Å². The van der Waals surface area contributed by atoms with Crippen molar-refractivity contribution in [3.05, 3.63) is 35.9 Å². The van der Waals surface area contributed by atoms with Crippen LogP contribution < -0.4 is 5.23 Å². The van der Waals surface area contributed by atoms with E-state index in [0.717, 1.165) is 5.56 Å². The summed E-state index contributed by atoms with van der Waals surface area (Å²) in [5.41, 5.74) is 1.10. The highest BCUT2D eigenvalue weighted by Crippen LogP contribution is 1.98. The molecule has 0 atom stereocenters. The highest BCUT2D eigenvalue weighted by molar-refractivity contribution is 5.14. The third-order valence-corrected chi connectivity index (χ3v) is 1.44. The monoisotopic (exact) mass is 153 g/mol. The Hall–Kier alpha value is -0.900. The second-order valence-electron chi connectivity index (χ2n) is 2.33. The molecule has 2 N–H and O–H groups in total. The number of benzene rings is 1. The van der Waals surface area contributed by atoms with E-state index in [1.54, 1.807) is 0 Å². The van der Waals surface area contributed by atoms with Crippen molar-refractivity contribution in [1.29, 1.82) is 0 Å². The van der Waals surface area contributed by atoms with Crippen molar-refractivity contribution in [2.45, 2.75) is 6.42 Å². The van der Waals surface area contributed by atoms with Crippen LogP contribution in [0.5, 0.6) is 0 Å². The Balaban J connectivity index is 2.39. The fraction of sp³-hybridized carbons (Fsp3) is 0.250. The van der Waals surface area contributed by atoms with Crippen LogP contribution in [0.4, 0.5) is 0 Å². The Morgan fingerprint density at radius 3 is 2.27 bits per heavy atom. The first kappa shape index (κ1) is 8.20. The number of rotatable bonds is 3. The molecule has 0 fully saturated rings. The lowest BCUT2D eigenvalue weighted by Crippen LogP contribution is -2.23. The smallest absolute Gasteiger partial charge is 0.124 e. The summed E-state index contributed by atoms with van der Waals surface area (Å²) in [5, 5.41) is 17.0. The van der Waals surface area contributed by atoms with Crippen LogP contribution in [-0.4, -0.2) is 17.0 Å². The molecule has 0 aliphatic carbocycles. The van der Waals surface area contributed by atoms with Gasteiger partial charge in [-0.3, -0.25) is 0 Å². The van der Waals surface area contributed by atoms with Crippen LogP contribution in [0.25, 0.3) is 0 Å². The topological polar surface area (TPSA) is 46.4 Å². The van der Waals surface area contributed by atoms with E-state index in [1.807, 2.05) is 30.3 Å². The van der Waals surface area contributed by atoms with Crippen molar-refractivity contribution in [2.24, 2.45) is 0 Å². The number of hydrogen-bond donors (Lipinski definition) is 2. The van der Waals surface area contributed by atoms with E-state index in [0.29, 0.717) is 6.42 Å². The van der Waals surface area contributed by atoms with Gasteiger partial charge in [-0.25, -0.2) is 0 Å². The second kappa shape index (κ2) is 4.08.